The van der Waals surface area contributed by atoms with Crippen molar-refractivity contribution in [3.63, 3.8) is 0 Å². The number of amides is 1. The Balaban J connectivity index is 2.64. The summed E-state index contributed by atoms with van der Waals surface area (Å²) in [7, 11) is 1.24. The molecule has 0 aliphatic carbocycles. The van der Waals surface area contributed by atoms with Crippen LogP contribution < -0.4 is 11.1 Å². The van der Waals surface area contributed by atoms with Crippen LogP contribution in [0.1, 0.15) is 30.6 Å². The summed E-state index contributed by atoms with van der Waals surface area (Å²) in [5, 5.41) is 2.89. The molecule has 0 spiro atoms. The van der Waals surface area contributed by atoms with Crippen molar-refractivity contribution in [2.24, 2.45) is 5.92 Å². The molecule has 0 aliphatic rings. The number of esters is 2. The van der Waals surface area contributed by atoms with Crippen LogP contribution in [0.5, 0.6) is 0 Å². The number of ether oxygens (including phenoxy) is 2. The number of carbonyl (C=O) groups excluding carboxylic acids is 3. The maximum atomic E-state index is 11.9. The van der Waals surface area contributed by atoms with Gasteiger partial charge in [-0.05, 0) is 24.1 Å². The fourth-order valence-electron chi connectivity index (χ4n) is 1.94. The van der Waals surface area contributed by atoms with E-state index in [0.717, 1.165) is 0 Å². The van der Waals surface area contributed by atoms with E-state index in [1.807, 2.05) is 13.8 Å². The Morgan fingerprint density at radius 3 is 2.54 bits per heavy atom. The van der Waals surface area contributed by atoms with E-state index < -0.39 is 30.5 Å². The van der Waals surface area contributed by atoms with Crippen molar-refractivity contribution in [1.82, 2.24) is 5.32 Å². The van der Waals surface area contributed by atoms with E-state index in [9.17, 15) is 14.4 Å². The molecule has 24 heavy (non-hydrogen) atoms. The smallest absolute Gasteiger partial charge is 0.340 e. The number of anilines is 1. The molecule has 0 saturated carbocycles. The number of nitrogens with two attached hydrogens (primary N) is 1. The van der Waals surface area contributed by atoms with E-state index in [0.29, 0.717) is 11.4 Å². The summed E-state index contributed by atoms with van der Waals surface area (Å²) in [6.07, 6.45) is 0.668. The van der Waals surface area contributed by atoms with Gasteiger partial charge in [0.2, 0.25) is 0 Å². The van der Waals surface area contributed by atoms with Crippen molar-refractivity contribution in [1.29, 1.82) is 0 Å². The van der Waals surface area contributed by atoms with Crippen LogP contribution in [-0.2, 0) is 19.1 Å². The van der Waals surface area contributed by atoms with Crippen molar-refractivity contribution in [3.8, 4) is 0 Å². The maximum Gasteiger partial charge on any atom is 0.340 e. The molecule has 8 heteroatoms. The Morgan fingerprint density at radius 1 is 1.33 bits per heavy atom. The predicted molar refractivity (Wildman–Crippen MR) is 89.5 cm³/mol. The zero-order valence-electron chi connectivity index (χ0n) is 13.8. The number of methoxy groups -OCH3 is 1. The molecule has 3 N–H and O–H groups in total. The highest BCUT2D eigenvalue weighted by atomic mass is 35.5. The summed E-state index contributed by atoms with van der Waals surface area (Å²) in [6.45, 7) is 3.16. The van der Waals surface area contributed by atoms with Crippen LogP contribution >= 0.6 is 11.6 Å². The molecule has 0 radical (unpaired) electrons. The first kappa shape index (κ1) is 19.8. The van der Waals surface area contributed by atoms with E-state index >= 15 is 0 Å². The molecule has 1 amide bonds. The van der Waals surface area contributed by atoms with E-state index in [1.54, 1.807) is 0 Å². The highest BCUT2D eigenvalue weighted by molar-refractivity contribution is 6.31. The highest BCUT2D eigenvalue weighted by Crippen LogP contribution is 2.18. The number of nitrogens with one attached hydrogen (secondary N) is 1. The highest BCUT2D eigenvalue weighted by Gasteiger charge is 2.27. The molecule has 1 rings (SSSR count). The third kappa shape index (κ3) is 5.42. The summed E-state index contributed by atoms with van der Waals surface area (Å²) in [5.74, 6) is -2.03. The number of halogens is 1. The molecule has 132 valence electrons. The molecule has 0 heterocycles. The third-order valence-electron chi connectivity index (χ3n) is 3.55. The van der Waals surface area contributed by atoms with Gasteiger partial charge in [0.1, 0.15) is 6.04 Å². The number of benzene rings is 1. The van der Waals surface area contributed by atoms with Crippen LogP contribution in [0.15, 0.2) is 18.2 Å². The first-order valence-electron chi connectivity index (χ1n) is 7.39. The van der Waals surface area contributed by atoms with Crippen molar-refractivity contribution in [2.75, 3.05) is 19.5 Å². The number of nitrogen functional groups attached to an aromatic ring is 1. The molecule has 1 aromatic carbocycles. The Labute approximate surface area is 145 Å². The quantitative estimate of drug-likeness (QED) is 0.569. The van der Waals surface area contributed by atoms with Gasteiger partial charge in [-0.15, -0.1) is 0 Å². The second-order valence-corrected chi connectivity index (χ2v) is 5.70. The Morgan fingerprint density at radius 2 is 2.00 bits per heavy atom. The largest absolute Gasteiger partial charge is 0.467 e. The SMILES string of the molecule is CC[C@@H](C)[C@@H](NC(=O)COC(=O)c1ccc(Cl)cc1N)C(=O)OC. The van der Waals surface area contributed by atoms with Crippen LogP contribution in [0.25, 0.3) is 0 Å². The van der Waals surface area contributed by atoms with Crippen LogP contribution in [-0.4, -0.2) is 37.6 Å². The van der Waals surface area contributed by atoms with Crippen LogP contribution in [0, 0.1) is 5.92 Å². The van der Waals surface area contributed by atoms with Gasteiger partial charge in [-0.2, -0.15) is 0 Å². The molecule has 0 fully saturated rings. The van der Waals surface area contributed by atoms with Crippen molar-refractivity contribution in [2.45, 2.75) is 26.3 Å². The number of hydrogen-bond acceptors (Lipinski definition) is 6. The van der Waals surface area contributed by atoms with E-state index in [2.05, 4.69) is 10.1 Å². The molecular weight excluding hydrogens is 336 g/mol. The summed E-state index contributed by atoms with van der Waals surface area (Å²) in [4.78, 5) is 35.6. The molecule has 1 aromatic rings. The number of rotatable bonds is 7. The monoisotopic (exact) mass is 356 g/mol. The van der Waals surface area contributed by atoms with E-state index in [4.69, 9.17) is 22.1 Å². The summed E-state index contributed by atoms with van der Waals surface area (Å²) in [5.41, 5.74) is 5.94. The zero-order chi connectivity index (χ0) is 18.3. The minimum atomic E-state index is -0.799. The van der Waals surface area contributed by atoms with Crippen molar-refractivity contribution >= 4 is 35.1 Å². The molecule has 0 aliphatic heterocycles. The summed E-state index contributed by atoms with van der Waals surface area (Å²) in [6, 6.07) is 3.51. The Bertz CT molecular complexity index is 620. The van der Waals surface area contributed by atoms with Gasteiger partial charge in [0.25, 0.3) is 5.91 Å². The van der Waals surface area contributed by atoms with Gasteiger partial charge >= 0.3 is 11.9 Å². The van der Waals surface area contributed by atoms with Gasteiger partial charge in [0.15, 0.2) is 6.61 Å². The summed E-state index contributed by atoms with van der Waals surface area (Å²) >= 11 is 5.75. The molecular formula is C16H21ClN2O5. The lowest BCUT2D eigenvalue weighted by Crippen LogP contribution is -2.47. The van der Waals surface area contributed by atoms with Crippen LogP contribution in [0.4, 0.5) is 5.69 Å². The van der Waals surface area contributed by atoms with Gasteiger partial charge in [-0.3, -0.25) is 4.79 Å². The maximum absolute atomic E-state index is 11.9. The van der Waals surface area contributed by atoms with Gasteiger partial charge in [-0.25, -0.2) is 9.59 Å². The molecule has 0 saturated heterocycles. The van der Waals surface area contributed by atoms with Crippen LogP contribution in [0.2, 0.25) is 5.02 Å². The molecule has 0 bridgehead atoms. The van der Waals surface area contributed by atoms with Crippen molar-refractivity contribution < 1.29 is 23.9 Å². The molecule has 0 aromatic heterocycles. The molecule has 0 unspecified atom stereocenters. The van der Waals surface area contributed by atoms with Crippen LogP contribution in [0.3, 0.4) is 0 Å². The van der Waals surface area contributed by atoms with E-state index in [-0.39, 0.29) is 17.2 Å². The lowest BCUT2D eigenvalue weighted by molar-refractivity contribution is -0.147. The lowest BCUT2D eigenvalue weighted by Gasteiger charge is -2.21. The molecule has 2 atom stereocenters. The minimum absolute atomic E-state index is 0.110. The first-order chi connectivity index (χ1) is 11.3. The van der Waals surface area contributed by atoms with Crippen molar-refractivity contribution in [3.05, 3.63) is 28.8 Å². The average molecular weight is 357 g/mol. The van der Waals surface area contributed by atoms with Gasteiger partial charge in [0.05, 0.1) is 12.7 Å². The second kappa shape index (κ2) is 9.12. The lowest BCUT2D eigenvalue weighted by atomic mass is 9.99. The Kier molecular flexibility index (Phi) is 7.51. The number of hydrogen-bond donors (Lipinski definition) is 2. The second-order valence-electron chi connectivity index (χ2n) is 5.26. The zero-order valence-corrected chi connectivity index (χ0v) is 14.6. The van der Waals surface area contributed by atoms with Gasteiger partial charge < -0.3 is 20.5 Å². The van der Waals surface area contributed by atoms with Gasteiger partial charge in [-0.1, -0.05) is 31.9 Å². The van der Waals surface area contributed by atoms with E-state index in [1.165, 1.54) is 25.3 Å². The Hall–Kier alpha value is -2.28. The van der Waals surface area contributed by atoms with Gasteiger partial charge in [0, 0.05) is 10.7 Å². The summed E-state index contributed by atoms with van der Waals surface area (Å²) < 4.78 is 9.58. The predicted octanol–water partition coefficient (Wildman–Crippen LogP) is 1.78. The first-order valence-corrected chi connectivity index (χ1v) is 7.77. The number of carbonyl (C=O) groups is 3. The minimum Gasteiger partial charge on any atom is -0.467 e. The topological polar surface area (TPSA) is 108 Å². The standard InChI is InChI=1S/C16H21ClN2O5/c1-4-9(2)14(16(22)23-3)19-13(20)8-24-15(21)11-6-5-10(17)7-12(11)18/h5-7,9,14H,4,8,18H2,1-3H3,(H,19,20)/t9-,14-/m1/s1. The fourth-order valence-corrected chi connectivity index (χ4v) is 2.12. The molecule has 7 nitrogen and oxygen atoms in total. The average Bonchev–Trinajstić information content (AvgIpc) is 2.56. The third-order valence-corrected chi connectivity index (χ3v) is 3.79. The normalized spacial score (nSPS) is 12.8. The fraction of sp³-hybridized carbons (Fsp3) is 0.438.